The van der Waals surface area contributed by atoms with Crippen LogP contribution in [0.4, 0.5) is 40.0 Å². The number of benzene rings is 7. The lowest BCUT2D eigenvalue weighted by molar-refractivity contribution is 0.574. The quantitative estimate of drug-likeness (QED) is 0.125. The van der Waals surface area contributed by atoms with Crippen LogP contribution in [0.3, 0.4) is 0 Å². The number of nitrogens with zero attached hydrogens (tertiary/aromatic N) is 5. The van der Waals surface area contributed by atoms with Gasteiger partial charge < -0.3 is 24.0 Å². The van der Waals surface area contributed by atoms with Gasteiger partial charge in [0.25, 0.3) is 0 Å². The molecule has 0 aliphatic rings. The van der Waals surface area contributed by atoms with Crippen LogP contribution in [0.1, 0.15) is 5.69 Å². The van der Waals surface area contributed by atoms with Gasteiger partial charge in [-0.25, -0.2) is 15.0 Å². The molecule has 9 aromatic rings. The Hall–Kier alpha value is -8.10. The lowest BCUT2D eigenvalue weighted by atomic mass is 10.1. The van der Waals surface area contributed by atoms with Gasteiger partial charge in [-0.3, -0.25) is 0 Å². The Morgan fingerprint density at radius 1 is 0.569 bits per heavy atom. The molecule has 7 aromatic carbocycles. The van der Waals surface area contributed by atoms with E-state index in [1.807, 2.05) is 24.3 Å². The summed E-state index contributed by atoms with van der Waals surface area (Å²) >= 11 is 0. The largest absolute Gasteiger partial charge is 0.444 e. The molecule has 2 heterocycles. The number of aromatic nitrogens is 2. The molecule has 0 saturated carbocycles. The number of anilines is 6. The lowest BCUT2D eigenvalue weighted by Gasteiger charge is -2.29. The third-order valence-corrected chi connectivity index (χ3v) is 9.78. The summed E-state index contributed by atoms with van der Waals surface area (Å²) in [7, 11) is 0. The van der Waals surface area contributed by atoms with Gasteiger partial charge in [-0.2, -0.15) is 0 Å². The molecule has 0 amide bonds. The predicted molar refractivity (Wildman–Crippen MR) is 238 cm³/mol. The van der Waals surface area contributed by atoms with Crippen molar-refractivity contribution >= 4 is 80.1 Å². The van der Waals surface area contributed by atoms with E-state index >= 15 is 0 Å². The molecule has 58 heavy (non-hydrogen) atoms. The van der Waals surface area contributed by atoms with Crippen LogP contribution in [0, 0.1) is 5.41 Å². The molecule has 0 spiro atoms. The Labute approximate surface area is 335 Å². The molecule has 0 saturated heterocycles. The van der Waals surface area contributed by atoms with Crippen molar-refractivity contribution in [2.45, 2.75) is 0 Å². The summed E-state index contributed by atoms with van der Waals surface area (Å²) in [5, 5.41) is 12.0. The van der Waals surface area contributed by atoms with Gasteiger partial charge in [0.2, 0.25) is 17.7 Å². The van der Waals surface area contributed by atoms with E-state index < -0.39 is 0 Å². The van der Waals surface area contributed by atoms with E-state index in [0.717, 1.165) is 45.3 Å². The van der Waals surface area contributed by atoms with Gasteiger partial charge in [-0.15, -0.1) is 0 Å². The molecular formula is C50H36N6O2. The molecule has 8 nitrogen and oxygen atoms in total. The molecule has 9 rings (SSSR count). The Morgan fingerprint density at radius 2 is 1.05 bits per heavy atom. The first-order valence-corrected chi connectivity index (χ1v) is 18.8. The summed E-state index contributed by atoms with van der Waals surface area (Å²) in [6, 6.07) is 55.0. The molecule has 0 aliphatic carbocycles. The number of nitrogens with one attached hydrogen (secondary N) is 1. The van der Waals surface area contributed by atoms with Crippen molar-refractivity contribution in [2.24, 2.45) is 4.99 Å². The highest BCUT2D eigenvalue weighted by atomic mass is 16.4. The van der Waals surface area contributed by atoms with Crippen LogP contribution < -0.4 is 9.80 Å². The molecule has 1 N–H and O–H groups in total. The van der Waals surface area contributed by atoms with Crippen LogP contribution in [-0.4, -0.2) is 22.4 Å². The van der Waals surface area contributed by atoms with Crippen molar-refractivity contribution in [1.29, 1.82) is 5.41 Å². The Kier molecular flexibility index (Phi) is 9.78. The van der Waals surface area contributed by atoms with Crippen molar-refractivity contribution in [3.63, 3.8) is 0 Å². The Bertz CT molecular complexity index is 2760. The van der Waals surface area contributed by atoms with Crippen LogP contribution in [-0.2, 0) is 0 Å². The highest BCUT2D eigenvalue weighted by molar-refractivity contribution is 5.93. The van der Waals surface area contributed by atoms with Gasteiger partial charge in [-0.05, 0) is 131 Å². The Morgan fingerprint density at radius 3 is 1.59 bits per heavy atom. The second kappa shape index (κ2) is 15.9. The number of hydrogen-bond acceptors (Lipinski definition) is 8. The third kappa shape index (κ3) is 7.33. The highest BCUT2D eigenvalue weighted by Crippen LogP contribution is 2.41. The van der Waals surface area contributed by atoms with Gasteiger partial charge in [0.15, 0.2) is 0 Å². The predicted octanol–water partition coefficient (Wildman–Crippen LogP) is 13.8. The summed E-state index contributed by atoms with van der Waals surface area (Å²) in [4.78, 5) is 17.7. The SMILES string of the molecule is C=C/C=N\c1cnc(-c2ccc(N(c3ccc(-c4nc(/C=C\C=N)co4)cc3)c3ccc(N(c4ccc5ccccc5c4)c4ccc5ccccc5c4)cc3)cc2)o1. The van der Waals surface area contributed by atoms with Gasteiger partial charge in [0.05, 0.1) is 6.20 Å². The van der Waals surface area contributed by atoms with Crippen LogP contribution >= 0.6 is 0 Å². The average Bonchev–Trinajstić information content (AvgIpc) is 3.97. The molecule has 0 atom stereocenters. The third-order valence-electron chi connectivity index (χ3n) is 9.78. The number of allylic oxidation sites excluding steroid dienone is 2. The van der Waals surface area contributed by atoms with E-state index in [1.165, 1.54) is 27.8 Å². The van der Waals surface area contributed by atoms with Gasteiger partial charge in [0, 0.05) is 57.7 Å². The second-order valence-corrected chi connectivity index (χ2v) is 13.5. The van der Waals surface area contributed by atoms with Crippen molar-refractivity contribution in [1.82, 2.24) is 9.97 Å². The molecule has 0 fully saturated rings. The summed E-state index contributed by atoms with van der Waals surface area (Å²) in [6.45, 7) is 3.67. The molecule has 0 bridgehead atoms. The molecule has 0 unspecified atom stereocenters. The van der Waals surface area contributed by atoms with E-state index in [-0.39, 0.29) is 0 Å². The molecule has 278 valence electrons. The van der Waals surface area contributed by atoms with Gasteiger partial charge in [-0.1, -0.05) is 73.3 Å². The number of fused-ring (bicyclic) bond motifs is 2. The molecule has 0 aliphatic heterocycles. The monoisotopic (exact) mass is 752 g/mol. The van der Waals surface area contributed by atoms with Crippen molar-refractivity contribution in [3.05, 3.63) is 195 Å². The number of rotatable bonds is 12. The van der Waals surface area contributed by atoms with E-state index in [1.54, 1.807) is 36.9 Å². The zero-order valence-corrected chi connectivity index (χ0v) is 31.3. The number of hydrogen-bond donors (Lipinski definition) is 1. The van der Waals surface area contributed by atoms with Crippen LogP contribution in [0.5, 0.6) is 0 Å². The maximum absolute atomic E-state index is 7.28. The minimum atomic E-state index is 0.408. The maximum atomic E-state index is 7.28. The highest BCUT2D eigenvalue weighted by Gasteiger charge is 2.18. The Balaban J connectivity index is 1.11. The van der Waals surface area contributed by atoms with E-state index in [4.69, 9.17) is 14.2 Å². The van der Waals surface area contributed by atoms with Crippen molar-refractivity contribution in [3.8, 4) is 22.9 Å². The zero-order valence-electron chi connectivity index (χ0n) is 31.3. The fourth-order valence-electron chi connectivity index (χ4n) is 7.01. The standard InChI is InChI=1S/C50H36N6O2/c1-2-30-52-48-33-53-49(58-48)37-15-19-42(20-16-37)55(43-21-17-38(18-22-43)50-54-41(34-57-50)12-7-29-51)44-25-27-45(28-26-44)56(46-23-13-35-8-3-5-10-39(35)31-46)47-24-14-36-9-4-6-11-40(36)32-47/h2-34,51H,1H2/b12-7-,51-29?,52-30-. The van der Waals surface area contributed by atoms with E-state index in [0.29, 0.717) is 23.4 Å². The normalized spacial score (nSPS) is 11.4. The summed E-state index contributed by atoms with van der Waals surface area (Å²) in [6.07, 6.45) is 10.9. The van der Waals surface area contributed by atoms with Crippen molar-refractivity contribution < 1.29 is 8.83 Å². The lowest BCUT2D eigenvalue weighted by Crippen LogP contribution is -2.12. The van der Waals surface area contributed by atoms with Crippen LogP contribution in [0.2, 0.25) is 0 Å². The molecule has 0 radical (unpaired) electrons. The summed E-state index contributed by atoms with van der Waals surface area (Å²) in [5.74, 6) is 1.39. The number of aliphatic imine (C=N–C) groups is 1. The number of oxazole rings is 2. The summed E-state index contributed by atoms with van der Waals surface area (Å²) < 4.78 is 11.6. The first-order valence-electron chi connectivity index (χ1n) is 18.8. The van der Waals surface area contributed by atoms with Crippen LogP contribution in [0.25, 0.3) is 50.5 Å². The first-order chi connectivity index (χ1) is 28.6. The first kappa shape index (κ1) is 35.6. The topological polar surface area (TPSA) is 94.8 Å². The zero-order chi connectivity index (χ0) is 39.3. The van der Waals surface area contributed by atoms with Gasteiger partial charge >= 0.3 is 0 Å². The van der Waals surface area contributed by atoms with Gasteiger partial charge in [0.1, 0.15) is 12.0 Å². The smallest absolute Gasteiger partial charge is 0.239 e. The fourth-order valence-corrected chi connectivity index (χ4v) is 7.01. The minimum absolute atomic E-state index is 0.408. The van der Waals surface area contributed by atoms with Crippen molar-refractivity contribution in [2.75, 3.05) is 9.80 Å². The maximum Gasteiger partial charge on any atom is 0.239 e. The van der Waals surface area contributed by atoms with E-state index in [2.05, 4.69) is 165 Å². The van der Waals surface area contributed by atoms with E-state index in [9.17, 15) is 0 Å². The molecular weight excluding hydrogens is 717 g/mol. The summed E-state index contributed by atoms with van der Waals surface area (Å²) in [5.41, 5.74) is 8.32. The average molecular weight is 753 g/mol. The minimum Gasteiger partial charge on any atom is -0.444 e. The molecule has 8 heteroatoms. The molecule has 2 aromatic heterocycles. The van der Waals surface area contributed by atoms with Crippen LogP contribution in [0.15, 0.2) is 203 Å². The second-order valence-electron chi connectivity index (χ2n) is 13.5. The fraction of sp³-hybridized carbons (Fsp3) is 0.